The molecule has 2 heterocycles. The summed E-state index contributed by atoms with van der Waals surface area (Å²) in [6, 6.07) is 15.3. The van der Waals surface area contributed by atoms with E-state index >= 15 is 0 Å². The van der Waals surface area contributed by atoms with Crippen LogP contribution < -0.4 is 10.5 Å². The van der Waals surface area contributed by atoms with Crippen molar-refractivity contribution < 1.29 is 9.84 Å². The molecule has 4 aromatic rings. The standard InChI is InChI=1S/C19H16N4O.2C2H6.CH4O/c1-23-12-14(11-22-23)13-2-7-17-18(10-13)21-9-8-19(17)24-16-5-3-15(20)4-6-16;3*1-2/h2-12H,20H2,1H3;2*1-2H3;2H,1H3. The number of anilines is 1. The molecule has 4 rings (SSSR count). The third kappa shape index (κ3) is 6.32. The van der Waals surface area contributed by atoms with Crippen molar-refractivity contribution in [3.8, 4) is 22.6 Å². The molecule has 0 spiro atoms. The van der Waals surface area contributed by atoms with Gasteiger partial charge in [-0.25, -0.2) is 0 Å². The minimum atomic E-state index is 0.711. The summed E-state index contributed by atoms with van der Waals surface area (Å²) in [7, 11) is 2.90. The van der Waals surface area contributed by atoms with Crippen molar-refractivity contribution in [1.82, 2.24) is 14.8 Å². The molecular weight excluding hydrogens is 376 g/mol. The Bertz CT molecular complexity index is 1010. The Labute approximate surface area is 179 Å². The second kappa shape index (κ2) is 13.0. The van der Waals surface area contributed by atoms with E-state index in [2.05, 4.69) is 16.1 Å². The number of aliphatic hydroxyl groups is 1. The topological polar surface area (TPSA) is 86.2 Å². The van der Waals surface area contributed by atoms with Crippen LogP contribution in [0.15, 0.2) is 67.1 Å². The molecule has 0 aliphatic heterocycles. The van der Waals surface area contributed by atoms with Gasteiger partial charge in [-0.15, -0.1) is 0 Å². The molecule has 6 nitrogen and oxygen atoms in total. The van der Waals surface area contributed by atoms with Crippen LogP contribution in [-0.2, 0) is 7.05 Å². The van der Waals surface area contributed by atoms with E-state index in [9.17, 15) is 0 Å². The Balaban J connectivity index is 0.000000691. The fourth-order valence-corrected chi connectivity index (χ4v) is 2.62. The number of fused-ring (bicyclic) bond motifs is 1. The molecule has 0 unspecified atom stereocenters. The van der Waals surface area contributed by atoms with Crippen LogP contribution in [0.4, 0.5) is 5.69 Å². The predicted octanol–water partition coefficient (Wildman–Crippen LogP) is 5.67. The molecule has 6 heteroatoms. The summed E-state index contributed by atoms with van der Waals surface area (Å²) in [5, 5.41) is 12.2. The van der Waals surface area contributed by atoms with E-state index in [0.717, 1.165) is 40.6 Å². The lowest BCUT2D eigenvalue weighted by Gasteiger charge is -2.09. The van der Waals surface area contributed by atoms with Crippen molar-refractivity contribution in [3.05, 3.63) is 67.1 Å². The van der Waals surface area contributed by atoms with Crippen molar-refractivity contribution in [1.29, 1.82) is 0 Å². The van der Waals surface area contributed by atoms with Crippen molar-refractivity contribution in [3.63, 3.8) is 0 Å². The van der Waals surface area contributed by atoms with E-state index in [-0.39, 0.29) is 0 Å². The first-order valence-electron chi connectivity index (χ1n) is 10.0. The van der Waals surface area contributed by atoms with Crippen molar-refractivity contribution >= 4 is 16.6 Å². The van der Waals surface area contributed by atoms with Gasteiger partial charge in [-0.1, -0.05) is 33.8 Å². The first-order valence-corrected chi connectivity index (χ1v) is 10.0. The number of benzene rings is 2. The number of nitrogens with zero attached hydrogens (tertiary/aromatic N) is 3. The number of hydrogen-bond donors (Lipinski definition) is 2. The minimum absolute atomic E-state index is 0.711. The first-order chi connectivity index (χ1) is 14.7. The Morgan fingerprint density at radius 3 is 2.17 bits per heavy atom. The number of pyridine rings is 1. The van der Waals surface area contributed by atoms with Crippen LogP contribution in [0.2, 0.25) is 0 Å². The number of aryl methyl sites for hydroxylation is 1. The summed E-state index contributed by atoms with van der Waals surface area (Å²) in [6.07, 6.45) is 5.58. The maximum atomic E-state index is 7.00. The van der Waals surface area contributed by atoms with Crippen molar-refractivity contribution in [2.45, 2.75) is 27.7 Å². The fraction of sp³-hybridized carbons (Fsp3) is 0.250. The van der Waals surface area contributed by atoms with Gasteiger partial charge in [0.05, 0.1) is 11.7 Å². The molecule has 2 aromatic carbocycles. The van der Waals surface area contributed by atoms with E-state index < -0.39 is 0 Å². The molecule has 0 fully saturated rings. The third-order valence-corrected chi connectivity index (χ3v) is 3.85. The molecule has 30 heavy (non-hydrogen) atoms. The molecule has 3 N–H and O–H groups in total. The van der Waals surface area contributed by atoms with Crippen LogP contribution in [-0.4, -0.2) is 27.0 Å². The first kappa shape index (κ1) is 24.7. The van der Waals surface area contributed by atoms with Crippen molar-refractivity contribution in [2.75, 3.05) is 12.8 Å². The number of hydrogen-bond acceptors (Lipinski definition) is 5. The van der Waals surface area contributed by atoms with Gasteiger partial charge >= 0.3 is 0 Å². The molecule has 0 aliphatic carbocycles. The van der Waals surface area contributed by atoms with Gasteiger partial charge in [-0.3, -0.25) is 9.67 Å². The molecular formula is C24H32N4O2. The van der Waals surface area contributed by atoms with E-state index in [0.29, 0.717) is 5.69 Å². The fourth-order valence-electron chi connectivity index (χ4n) is 2.62. The van der Waals surface area contributed by atoms with Gasteiger partial charge in [0.25, 0.3) is 0 Å². The molecule has 0 atom stereocenters. The van der Waals surface area contributed by atoms with Gasteiger partial charge in [0.15, 0.2) is 0 Å². The van der Waals surface area contributed by atoms with Crippen LogP contribution in [0.1, 0.15) is 27.7 Å². The normalized spacial score (nSPS) is 9.30. The number of rotatable bonds is 3. The van der Waals surface area contributed by atoms with Gasteiger partial charge < -0.3 is 15.6 Å². The Morgan fingerprint density at radius 1 is 0.900 bits per heavy atom. The zero-order valence-corrected chi connectivity index (χ0v) is 18.6. The lowest BCUT2D eigenvalue weighted by molar-refractivity contribution is 0.399. The van der Waals surface area contributed by atoms with Crippen LogP contribution in [0.25, 0.3) is 22.0 Å². The van der Waals surface area contributed by atoms with E-state index in [4.69, 9.17) is 15.6 Å². The number of nitrogens with two attached hydrogens (primary N) is 1. The van der Waals surface area contributed by atoms with Gasteiger partial charge in [0, 0.05) is 43.2 Å². The maximum absolute atomic E-state index is 7.00. The summed E-state index contributed by atoms with van der Waals surface area (Å²) in [5.41, 5.74) is 9.44. The average Bonchev–Trinajstić information content (AvgIpc) is 3.25. The number of aromatic nitrogens is 3. The molecule has 0 amide bonds. The lowest BCUT2D eigenvalue weighted by Crippen LogP contribution is -1.89. The second-order valence-electron chi connectivity index (χ2n) is 5.61. The highest BCUT2D eigenvalue weighted by Crippen LogP contribution is 2.31. The van der Waals surface area contributed by atoms with E-state index in [1.807, 2.05) is 89.6 Å². The van der Waals surface area contributed by atoms with Crippen LogP contribution >= 0.6 is 0 Å². The average molecular weight is 409 g/mol. The number of nitrogen functional groups attached to an aromatic ring is 1. The quantitative estimate of drug-likeness (QED) is 0.427. The molecule has 0 radical (unpaired) electrons. The summed E-state index contributed by atoms with van der Waals surface area (Å²) in [6.45, 7) is 8.00. The molecule has 2 aromatic heterocycles. The number of ether oxygens (including phenoxy) is 1. The Morgan fingerprint density at radius 2 is 1.57 bits per heavy atom. The van der Waals surface area contributed by atoms with Gasteiger partial charge in [-0.2, -0.15) is 5.10 Å². The van der Waals surface area contributed by atoms with Crippen LogP contribution in [0, 0.1) is 0 Å². The lowest BCUT2D eigenvalue weighted by atomic mass is 10.1. The highest BCUT2D eigenvalue weighted by atomic mass is 16.5. The highest BCUT2D eigenvalue weighted by Gasteiger charge is 2.07. The molecule has 0 saturated carbocycles. The summed E-state index contributed by atoms with van der Waals surface area (Å²) < 4.78 is 7.77. The van der Waals surface area contributed by atoms with E-state index in [1.54, 1.807) is 10.9 Å². The van der Waals surface area contributed by atoms with Gasteiger partial charge in [0.2, 0.25) is 0 Å². The van der Waals surface area contributed by atoms with Crippen molar-refractivity contribution in [2.24, 2.45) is 7.05 Å². The van der Waals surface area contributed by atoms with Crippen LogP contribution in [0.5, 0.6) is 11.5 Å². The molecule has 160 valence electrons. The molecule has 0 saturated heterocycles. The molecule has 0 bridgehead atoms. The number of aliphatic hydroxyl groups excluding tert-OH is 1. The summed E-state index contributed by atoms with van der Waals surface area (Å²) in [5.74, 6) is 1.51. The largest absolute Gasteiger partial charge is 0.457 e. The monoisotopic (exact) mass is 408 g/mol. The predicted molar refractivity (Wildman–Crippen MR) is 126 cm³/mol. The SMILES string of the molecule is CC.CC.CO.Cn1cc(-c2ccc3c(Oc4ccc(N)cc4)ccnc3c2)cn1. The smallest absolute Gasteiger partial charge is 0.138 e. The minimum Gasteiger partial charge on any atom is -0.457 e. The highest BCUT2D eigenvalue weighted by molar-refractivity contribution is 5.88. The second-order valence-corrected chi connectivity index (χ2v) is 5.61. The maximum Gasteiger partial charge on any atom is 0.138 e. The summed E-state index contributed by atoms with van der Waals surface area (Å²) in [4.78, 5) is 4.46. The van der Waals surface area contributed by atoms with Gasteiger partial charge in [0.1, 0.15) is 11.5 Å². The zero-order valence-electron chi connectivity index (χ0n) is 18.6. The Kier molecular flexibility index (Phi) is 10.6. The Hall–Kier alpha value is -3.38. The van der Waals surface area contributed by atoms with Gasteiger partial charge in [-0.05, 0) is 48.0 Å². The molecule has 0 aliphatic rings. The van der Waals surface area contributed by atoms with Crippen LogP contribution in [0.3, 0.4) is 0 Å². The zero-order chi connectivity index (χ0) is 22.5. The van der Waals surface area contributed by atoms with E-state index in [1.165, 1.54) is 0 Å². The summed E-state index contributed by atoms with van der Waals surface area (Å²) >= 11 is 0. The third-order valence-electron chi connectivity index (χ3n) is 3.85.